The number of carbonyl (C=O) groups is 1. The Morgan fingerprint density at radius 3 is 2.35 bits per heavy atom. The van der Waals surface area contributed by atoms with Gasteiger partial charge in [-0.15, -0.1) is 0 Å². The first-order chi connectivity index (χ1) is 7.98. The average molecular weight is 251 g/mol. The Morgan fingerprint density at radius 2 is 1.88 bits per heavy atom. The fraction of sp³-hybridized carbons (Fsp3) is 0.500. The Bertz CT molecular complexity index is 370. The van der Waals surface area contributed by atoms with Crippen LogP contribution in [0.5, 0.6) is 0 Å². The first-order valence-corrected chi connectivity index (χ1v) is 7.13. The monoisotopic (exact) mass is 251 g/mol. The van der Waals surface area contributed by atoms with Crippen LogP contribution in [0.1, 0.15) is 37.6 Å². The molecule has 0 bridgehead atoms. The molecule has 0 aliphatic rings. The van der Waals surface area contributed by atoms with Crippen molar-refractivity contribution in [3.05, 3.63) is 29.8 Å². The van der Waals surface area contributed by atoms with E-state index < -0.39 is 0 Å². The quantitative estimate of drug-likeness (QED) is 0.779. The van der Waals surface area contributed by atoms with Crippen LogP contribution in [0.15, 0.2) is 24.3 Å². The number of carbonyl (C=O) groups excluding carboxylic acids is 1. The molecule has 1 aromatic carbocycles. The van der Waals surface area contributed by atoms with Crippen LogP contribution in [0.2, 0.25) is 0 Å². The molecule has 0 aliphatic heterocycles. The van der Waals surface area contributed by atoms with E-state index >= 15 is 0 Å². The smallest absolute Gasteiger partial charge is 0.162 e. The lowest BCUT2D eigenvalue weighted by Crippen LogP contribution is -2.25. The van der Waals surface area contributed by atoms with Crippen molar-refractivity contribution in [3.8, 4) is 0 Å². The Labute approximate surface area is 108 Å². The third-order valence-electron chi connectivity index (χ3n) is 2.80. The maximum absolute atomic E-state index is 11.5. The minimum Gasteiger partial charge on any atom is -0.384 e. The largest absolute Gasteiger partial charge is 0.384 e. The molecule has 0 amide bonds. The number of anilines is 1. The van der Waals surface area contributed by atoms with Crippen molar-refractivity contribution in [1.29, 1.82) is 0 Å². The van der Waals surface area contributed by atoms with E-state index in [1.807, 2.05) is 43.0 Å². The summed E-state index contributed by atoms with van der Waals surface area (Å²) in [6, 6.07) is 7.72. The van der Waals surface area contributed by atoms with Crippen molar-refractivity contribution in [2.24, 2.45) is 0 Å². The van der Waals surface area contributed by atoms with Crippen molar-refractivity contribution in [3.63, 3.8) is 0 Å². The van der Waals surface area contributed by atoms with Crippen LogP contribution in [0.3, 0.4) is 0 Å². The number of benzene rings is 1. The van der Waals surface area contributed by atoms with Crippen molar-refractivity contribution in [1.82, 2.24) is 0 Å². The van der Waals surface area contributed by atoms with Gasteiger partial charge in [0.05, 0.1) is 0 Å². The molecule has 3 heteroatoms. The van der Waals surface area contributed by atoms with E-state index in [1.54, 1.807) is 0 Å². The van der Waals surface area contributed by atoms with Crippen molar-refractivity contribution >= 4 is 23.2 Å². The summed E-state index contributed by atoms with van der Waals surface area (Å²) < 4.78 is 0.220. The van der Waals surface area contributed by atoms with Crippen LogP contribution in [0.4, 0.5) is 5.69 Å². The Hall–Kier alpha value is -0.960. The van der Waals surface area contributed by atoms with Gasteiger partial charge in [-0.3, -0.25) is 4.79 Å². The first kappa shape index (κ1) is 14.1. The summed E-state index contributed by atoms with van der Waals surface area (Å²) in [6.45, 7) is 7.21. The summed E-state index contributed by atoms with van der Waals surface area (Å²) in [5, 5.41) is 3.39. The molecule has 0 saturated carbocycles. The SMILES string of the molecule is CCC(=O)c1ccc(NCC(C)(C)SC)cc1. The van der Waals surface area contributed by atoms with Crippen molar-refractivity contribution < 1.29 is 4.79 Å². The maximum atomic E-state index is 11.5. The Kier molecular flexibility index (Phi) is 5.06. The Morgan fingerprint density at radius 1 is 1.29 bits per heavy atom. The van der Waals surface area contributed by atoms with E-state index in [2.05, 4.69) is 25.4 Å². The molecule has 0 radical (unpaired) electrons. The zero-order chi connectivity index (χ0) is 12.9. The predicted octanol–water partition coefficient (Wildman–Crippen LogP) is 3.83. The van der Waals surface area contributed by atoms with Gasteiger partial charge in [0.2, 0.25) is 0 Å². The van der Waals surface area contributed by atoms with Crippen LogP contribution in [0, 0.1) is 0 Å². The normalized spacial score (nSPS) is 11.3. The van der Waals surface area contributed by atoms with Crippen LogP contribution >= 0.6 is 11.8 Å². The van der Waals surface area contributed by atoms with Crippen molar-refractivity contribution in [2.75, 3.05) is 18.1 Å². The second-order valence-electron chi connectivity index (χ2n) is 4.67. The number of hydrogen-bond donors (Lipinski definition) is 1. The van der Waals surface area contributed by atoms with E-state index in [0.29, 0.717) is 6.42 Å². The van der Waals surface area contributed by atoms with E-state index in [9.17, 15) is 4.79 Å². The van der Waals surface area contributed by atoms with Crippen LogP contribution in [-0.2, 0) is 0 Å². The minimum absolute atomic E-state index is 0.195. The molecule has 0 fully saturated rings. The highest BCUT2D eigenvalue weighted by atomic mass is 32.2. The number of Topliss-reactive ketones (excluding diaryl/α,β-unsaturated/α-hetero) is 1. The molecular weight excluding hydrogens is 230 g/mol. The summed E-state index contributed by atoms with van der Waals surface area (Å²) in [5.41, 5.74) is 1.86. The lowest BCUT2D eigenvalue weighted by Gasteiger charge is -2.23. The molecular formula is C14H21NOS. The van der Waals surface area contributed by atoms with Gasteiger partial charge in [0.15, 0.2) is 5.78 Å². The van der Waals surface area contributed by atoms with Gasteiger partial charge in [-0.2, -0.15) is 11.8 Å². The average Bonchev–Trinajstić information content (AvgIpc) is 2.36. The lowest BCUT2D eigenvalue weighted by molar-refractivity contribution is 0.0988. The van der Waals surface area contributed by atoms with Gasteiger partial charge < -0.3 is 5.32 Å². The molecule has 1 aromatic rings. The third kappa shape index (κ3) is 4.43. The number of nitrogens with one attached hydrogen (secondary N) is 1. The predicted molar refractivity (Wildman–Crippen MR) is 77.1 cm³/mol. The van der Waals surface area contributed by atoms with Crippen LogP contribution in [0.25, 0.3) is 0 Å². The van der Waals surface area contributed by atoms with Gasteiger partial charge in [-0.25, -0.2) is 0 Å². The molecule has 1 rings (SSSR count). The maximum Gasteiger partial charge on any atom is 0.162 e. The number of hydrogen-bond acceptors (Lipinski definition) is 3. The highest BCUT2D eigenvalue weighted by Gasteiger charge is 2.15. The lowest BCUT2D eigenvalue weighted by atomic mass is 10.1. The summed E-state index contributed by atoms with van der Waals surface area (Å²) in [6.07, 6.45) is 2.68. The first-order valence-electron chi connectivity index (χ1n) is 5.91. The summed E-state index contributed by atoms with van der Waals surface area (Å²) >= 11 is 1.84. The fourth-order valence-electron chi connectivity index (χ4n) is 1.37. The zero-order valence-corrected chi connectivity index (χ0v) is 11.9. The van der Waals surface area contributed by atoms with Crippen LogP contribution < -0.4 is 5.32 Å². The third-order valence-corrected chi connectivity index (χ3v) is 4.05. The molecule has 1 N–H and O–H groups in total. The second kappa shape index (κ2) is 6.10. The van der Waals surface area contributed by atoms with Gasteiger partial charge in [0.1, 0.15) is 0 Å². The van der Waals surface area contributed by atoms with E-state index in [0.717, 1.165) is 17.8 Å². The van der Waals surface area contributed by atoms with E-state index in [4.69, 9.17) is 0 Å². The van der Waals surface area contributed by atoms with Gasteiger partial charge in [-0.05, 0) is 44.4 Å². The van der Waals surface area contributed by atoms with Crippen molar-refractivity contribution in [2.45, 2.75) is 31.9 Å². The number of ketones is 1. The second-order valence-corrected chi connectivity index (χ2v) is 6.18. The summed E-state index contributed by atoms with van der Waals surface area (Å²) in [4.78, 5) is 11.5. The highest BCUT2D eigenvalue weighted by molar-refractivity contribution is 7.99. The molecule has 0 unspecified atom stereocenters. The van der Waals surface area contributed by atoms with Crippen LogP contribution in [-0.4, -0.2) is 23.3 Å². The molecule has 0 spiro atoms. The minimum atomic E-state index is 0.195. The molecule has 0 heterocycles. The molecule has 2 nitrogen and oxygen atoms in total. The van der Waals surface area contributed by atoms with E-state index in [-0.39, 0.29) is 10.5 Å². The molecule has 0 aliphatic carbocycles. The van der Waals surface area contributed by atoms with Gasteiger partial charge in [0.25, 0.3) is 0 Å². The van der Waals surface area contributed by atoms with Gasteiger partial charge in [-0.1, -0.05) is 6.92 Å². The van der Waals surface area contributed by atoms with Gasteiger partial charge in [0, 0.05) is 29.0 Å². The summed E-state index contributed by atoms with van der Waals surface area (Å²) in [5.74, 6) is 0.195. The molecule has 94 valence electrons. The standard InChI is InChI=1S/C14H21NOS/c1-5-13(16)11-6-8-12(9-7-11)15-10-14(2,3)17-4/h6-9,15H,5,10H2,1-4H3. The summed E-state index contributed by atoms with van der Waals surface area (Å²) in [7, 11) is 0. The number of thioether (sulfide) groups is 1. The number of rotatable bonds is 6. The molecule has 0 saturated heterocycles. The Balaban J connectivity index is 2.60. The topological polar surface area (TPSA) is 29.1 Å². The zero-order valence-electron chi connectivity index (χ0n) is 11.0. The molecule has 17 heavy (non-hydrogen) atoms. The molecule has 0 aromatic heterocycles. The molecule has 0 atom stereocenters. The highest BCUT2D eigenvalue weighted by Crippen LogP contribution is 2.22. The van der Waals surface area contributed by atoms with Gasteiger partial charge >= 0.3 is 0 Å². The van der Waals surface area contributed by atoms with E-state index in [1.165, 1.54) is 0 Å². The fourth-order valence-corrected chi connectivity index (χ4v) is 1.58.